The first-order valence-corrected chi connectivity index (χ1v) is 6.87. The molecule has 1 aromatic rings. The summed E-state index contributed by atoms with van der Waals surface area (Å²) in [6, 6.07) is 1.86. The number of alkyl halides is 3. The standard InChI is InChI=1S/C10H9ClF3NO4S/c1-19-9(16)5-15-20(17,18)8-4-6(10(12,13)14)2-3-7(8)11/h2-4,15H,5H2,1H3. The second-order valence-corrected chi connectivity index (χ2v) is 5.69. The summed E-state index contributed by atoms with van der Waals surface area (Å²) in [5.74, 6) is -0.892. The summed E-state index contributed by atoms with van der Waals surface area (Å²) in [4.78, 5) is 10.1. The lowest BCUT2D eigenvalue weighted by Crippen LogP contribution is -2.30. The molecule has 0 aliphatic rings. The Morgan fingerprint density at radius 2 is 2.00 bits per heavy atom. The molecule has 0 heterocycles. The Hall–Kier alpha value is -1.32. The zero-order valence-electron chi connectivity index (χ0n) is 9.99. The number of hydrogen-bond acceptors (Lipinski definition) is 4. The predicted molar refractivity (Wildman–Crippen MR) is 63.7 cm³/mol. The summed E-state index contributed by atoms with van der Waals surface area (Å²) < 4.78 is 67.1. The molecule has 0 aliphatic heterocycles. The van der Waals surface area contributed by atoms with Crippen LogP contribution in [0.5, 0.6) is 0 Å². The first kappa shape index (κ1) is 16.7. The van der Waals surface area contributed by atoms with Gasteiger partial charge in [0.15, 0.2) is 0 Å². The minimum Gasteiger partial charge on any atom is -0.468 e. The van der Waals surface area contributed by atoms with Crippen LogP contribution in [0.3, 0.4) is 0 Å². The van der Waals surface area contributed by atoms with Gasteiger partial charge in [-0.25, -0.2) is 8.42 Å². The van der Waals surface area contributed by atoms with E-state index in [4.69, 9.17) is 11.6 Å². The highest BCUT2D eigenvalue weighted by Gasteiger charge is 2.32. The van der Waals surface area contributed by atoms with E-state index in [0.717, 1.165) is 13.2 Å². The van der Waals surface area contributed by atoms with E-state index in [-0.39, 0.29) is 0 Å². The van der Waals surface area contributed by atoms with Crippen molar-refractivity contribution in [3.05, 3.63) is 28.8 Å². The Balaban J connectivity index is 3.14. The average Bonchev–Trinajstić information content (AvgIpc) is 2.34. The van der Waals surface area contributed by atoms with Crippen LogP contribution in [0.2, 0.25) is 5.02 Å². The summed E-state index contributed by atoms with van der Waals surface area (Å²) in [6.07, 6.45) is -4.71. The van der Waals surface area contributed by atoms with Crippen LogP contribution in [-0.4, -0.2) is 28.0 Å². The van der Waals surface area contributed by atoms with Crippen molar-refractivity contribution in [2.45, 2.75) is 11.1 Å². The molecule has 20 heavy (non-hydrogen) atoms. The van der Waals surface area contributed by atoms with Crippen LogP contribution in [0.4, 0.5) is 13.2 Å². The van der Waals surface area contributed by atoms with Crippen LogP contribution in [0.1, 0.15) is 5.56 Å². The van der Waals surface area contributed by atoms with Crippen LogP contribution >= 0.6 is 11.6 Å². The van der Waals surface area contributed by atoms with Crippen molar-refractivity contribution in [2.75, 3.05) is 13.7 Å². The van der Waals surface area contributed by atoms with Gasteiger partial charge in [0.25, 0.3) is 0 Å². The molecular weight excluding hydrogens is 323 g/mol. The summed E-state index contributed by atoms with van der Waals surface area (Å²) in [7, 11) is -3.33. The minimum absolute atomic E-state index is 0.391. The Morgan fingerprint density at radius 3 is 2.50 bits per heavy atom. The van der Waals surface area contributed by atoms with Gasteiger partial charge in [0.1, 0.15) is 11.4 Å². The fourth-order valence-corrected chi connectivity index (χ4v) is 2.68. The van der Waals surface area contributed by atoms with E-state index in [1.165, 1.54) is 0 Å². The van der Waals surface area contributed by atoms with Crippen LogP contribution in [0, 0.1) is 0 Å². The molecule has 1 N–H and O–H groups in total. The molecular formula is C10H9ClF3NO4S. The Morgan fingerprint density at radius 1 is 1.40 bits per heavy atom. The molecule has 0 radical (unpaired) electrons. The summed E-state index contributed by atoms with van der Waals surface area (Å²) in [6.45, 7) is -0.717. The molecule has 0 atom stereocenters. The summed E-state index contributed by atoms with van der Waals surface area (Å²) in [5, 5.41) is -0.393. The van der Waals surface area contributed by atoms with Crippen LogP contribution in [0.25, 0.3) is 0 Å². The van der Waals surface area contributed by atoms with E-state index in [1.54, 1.807) is 4.72 Å². The fourth-order valence-electron chi connectivity index (χ4n) is 1.19. The van der Waals surface area contributed by atoms with E-state index < -0.39 is 44.2 Å². The molecule has 0 unspecified atom stereocenters. The molecule has 112 valence electrons. The Kier molecular flexibility index (Phi) is 5.00. The maximum absolute atomic E-state index is 12.5. The molecule has 1 aromatic carbocycles. The average molecular weight is 332 g/mol. The van der Waals surface area contributed by atoms with Gasteiger partial charge >= 0.3 is 12.1 Å². The minimum atomic E-state index is -4.71. The predicted octanol–water partition coefficient (Wildman–Crippen LogP) is 1.81. The van der Waals surface area contributed by atoms with E-state index in [9.17, 15) is 26.4 Å². The molecule has 0 saturated carbocycles. The number of hydrogen-bond donors (Lipinski definition) is 1. The molecule has 0 amide bonds. The molecule has 10 heteroatoms. The molecule has 1 rings (SSSR count). The normalized spacial score (nSPS) is 12.2. The largest absolute Gasteiger partial charge is 0.468 e. The monoisotopic (exact) mass is 331 g/mol. The third kappa shape index (κ3) is 4.09. The second-order valence-electron chi connectivity index (χ2n) is 3.54. The smallest absolute Gasteiger partial charge is 0.416 e. The quantitative estimate of drug-likeness (QED) is 0.854. The molecule has 0 bridgehead atoms. The molecule has 0 fully saturated rings. The highest BCUT2D eigenvalue weighted by molar-refractivity contribution is 7.89. The summed E-state index contributed by atoms with van der Waals surface area (Å²) in [5.41, 5.74) is -1.17. The molecule has 0 saturated heterocycles. The molecule has 0 aromatic heterocycles. The second kappa shape index (κ2) is 5.98. The van der Waals surface area contributed by atoms with Crippen molar-refractivity contribution < 1.29 is 31.1 Å². The van der Waals surface area contributed by atoms with Gasteiger partial charge in [0.05, 0.1) is 17.7 Å². The van der Waals surface area contributed by atoms with Gasteiger partial charge < -0.3 is 4.74 Å². The van der Waals surface area contributed by atoms with Crippen molar-refractivity contribution in [2.24, 2.45) is 0 Å². The number of rotatable bonds is 4. The Labute approximate surface area is 117 Å². The number of benzene rings is 1. The SMILES string of the molecule is COC(=O)CNS(=O)(=O)c1cc(C(F)(F)F)ccc1Cl. The fraction of sp³-hybridized carbons (Fsp3) is 0.300. The van der Waals surface area contributed by atoms with Gasteiger partial charge in [-0.3, -0.25) is 4.79 Å². The third-order valence-electron chi connectivity index (χ3n) is 2.18. The highest BCUT2D eigenvalue weighted by atomic mass is 35.5. The maximum Gasteiger partial charge on any atom is 0.416 e. The maximum atomic E-state index is 12.5. The van der Waals surface area contributed by atoms with E-state index in [2.05, 4.69) is 4.74 Å². The number of sulfonamides is 1. The first-order valence-electron chi connectivity index (χ1n) is 5.01. The van der Waals surface area contributed by atoms with Gasteiger partial charge in [-0.2, -0.15) is 17.9 Å². The van der Waals surface area contributed by atoms with Crippen LogP contribution < -0.4 is 4.72 Å². The van der Waals surface area contributed by atoms with Gasteiger partial charge in [0.2, 0.25) is 10.0 Å². The van der Waals surface area contributed by atoms with Crippen molar-refractivity contribution in [3.8, 4) is 0 Å². The van der Waals surface area contributed by atoms with Crippen LogP contribution in [-0.2, 0) is 25.7 Å². The van der Waals surface area contributed by atoms with Gasteiger partial charge in [-0.15, -0.1) is 0 Å². The topological polar surface area (TPSA) is 72.5 Å². The number of ether oxygens (including phenoxy) is 1. The van der Waals surface area contributed by atoms with Crippen molar-refractivity contribution >= 4 is 27.6 Å². The highest BCUT2D eigenvalue weighted by Crippen LogP contribution is 2.33. The zero-order chi connectivity index (χ0) is 15.6. The number of nitrogens with one attached hydrogen (secondary N) is 1. The van der Waals surface area contributed by atoms with Gasteiger partial charge in [0, 0.05) is 0 Å². The number of halogens is 4. The van der Waals surface area contributed by atoms with Crippen LogP contribution in [0.15, 0.2) is 23.1 Å². The van der Waals surface area contributed by atoms with Gasteiger partial charge in [-0.05, 0) is 18.2 Å². The zero-order valence-corrected chi connectivity index (χ0v) is 11.6. The lowest BCUT2D eigenvalue weighted by molar-refractivity contribution is -0.139. The lowest BCUT2D eigenvalue weighted by atomic mass is 10.2. The number of esters is 1. The van der Waals surface area contributed by atoms with Crippen molar-refractivity contribution in [1.29, 1.82) is 0 Å². The number of carbonyl (C=O) groups excluding carboxylic acids is 1. The molecule has 0 aliphatic carbocycles. The van der Waals surface area contributed by atoms with E-state index in [0.29, 0.717) is 12.1 Å². The first-order chi connectivity index (χ1) is 9.08. The molecule has 5 nitrogen and oxygen atoms in total. The Bertz CT molecular complexity index is 615. The van der Waals surface area contributed by atoms with Crippen molar-refractivity contribution in [3.63, 3.8) is 0 Å². The lowest BCUT2D eigenvalue weighted by Gasteiger charge is -2.11. The van der Waals surface area contributed by atoms with E-state index >= 15 is 0 Å². The van der Waals surface area contributed by atoms with E-state index in [1.807, 2.05) is 0 Å². The molecule has 0 spiro atoms. The number of carbonyl (C=O) groups is 1. The third-order valence-corrected chi connectivity index (χ3v) is 4.07. The van der Waals surface area contributed by atoms with Gasteiger partial charge in [-0.1, -0.05) is 11.6 Å². The van der Waals surface area contributed by atoms with Crippen molar-refractivity contribution in [1.82, 2.24) is 4.72 Å². The number of methoxy groups -OCH3 is 1. The summed E-state index contributed by atoms with van der Waals surface area (Å²) >= 11 is 5.58.